The van der Waals surface area contributed by atoms with Gasteiger partial charge < -0.3 is 15.4 Å². The van der Waals surface area contributed by atoms with Gasteiger partial charge in [-0.3, -0.25) is 9.59 Å². The Hall–Kier alpha value is -4.08. The number of anilines is 1. The molecule has 0 fully saturated rings. The van der Waals surface area contributed by atoms with Gasteiger partial charge >= 0.3 is 0 Å². The highest BCUT2D eigenvalue weighted by Gasteiger charge is 2.10. The van der Waals surface area contributed by atoms with Crippen LogP contribution >= 0.6 is 11.6 Å². The summed E-state index contributed by atoms with van der Waals surface area (Å²) in [6.45, 7) is 0.316. The number of nitriles is 1. The SMILES string of the molecule is N#C/C(=C\c1ccc(OCC(=O)NCc2ccccc2)cc1)C(=O)Nc1ccc(Cl)cc1. The Morgan fingerprint density at radius 2 is 1.66 bits per heavy atom. The first-order valence-electron chi connectivity index (χ1n) is 9.76. The van der Waals surface area contributed by atoms with Crippen LogP contribution in [0.15, 0.2) is 84.4 Å². The summed E-state index contributed by atoms with van der Waals surface area (Å²) in [5.74, 6) is -0.255. The quantitative estimate of drug-likeness (QED) is 0.392. The molecule has 2 amide bonds. The van der Waals surface area contributed by atoms with Crippen molar-refractivity contribution >= 4 is 35.2 Å². The summed E-state index contributed by atoms with van der Waals surface area (Å²) in [5, 5.41) is 15.3. The second-order valence-corrected chi connectivity index (χ2v) is 7.19. The zero-order valence-corrected chi connectivity index (χ0v) is 17.8. The topological polar surface area (TPSA) is 91.2 Å². The second kappa shape index (κ2) is 11.3. The third-order valence-electron chi connectivity index (χ3n) is 4.36. The number of nitrogens with zero attached hydrogens (tertiary/aromatic N) is 1. The molecule has 2 N–H and O–H groups in total. The van der Waals surface area contributed by atoms with E-state index in [9.17, 15) is 14.9 Å². The molecule has 0 aliphatic carbocycles. The van der Waals surface area contributed by atoms with E-state index in [4.69, 9.17) is 16.3 Å². The standard InChI is InChI=1S/C25H20ClN3O3/c26-21-8-10-22(11-9-21)29-25(31)20(15-27)14-18-6-12-23(13-7-18)32-17-24(30)28-16-19-4-2-1-3-5-19/h1-14H,16-17H2,(H,28,30)(H,29,31)/b20-14+. The van der Waals surface area contributed by atoms with Crippen molar-refractivity contribution in [2.24, 2.45) is 0 Å². The van der Waals surface area contributed by atoms with Crippen LogP contribution in [0.3, 0.4) is 0 Å². The molecule has 0 aliphatic rings. The monoisotopic (exact) mass is 445 g/mol. The van der Waals surface area contributed by atoms with Gasteiger partial charge in [0.25, 0.3) is 11.8 Å². The molecular weight excluding hydrogens is 426 g/mol. The van der Waals surface area contributed by atoms with Crippen molar-refractivity contribution in [3.8, 4) is 11.8 Å². The van der Waals surface area contributed by atoms with Gasteiger partial charge in [0.15, 0.2) is 6.61 Å². The molecule has 3 rings (SSSR count). The predicted molar refractivity (Wildman–Crippen MR) is 124 cm³/mol. The van der Waals surface area contributed by atoms with Gasteiger partial charge in [-0.15, -0.1) is 0 Å². The Morgan fingerprint density at radius 3 is 2.31 bits per heavy atom. The van der Waals surface area contributed by atoms with E-state index in [-0.39, 0.29) is 18.1 Å². The minimum Gasteiger partial charge on any atom is -0.484 e. The molecule has 0 aromatic heterocycles. The molecule has 0 bridgehead atoms. The van der Waals surface area contributed by atoms with Crippen LogP contribution < -0.4 is 15.4 Å². The summed E-state index contributed by atoms with van der Waals surface area (Å²) >= 11 is 5.83. The summed E-state index contributed by atoms with van der Waals surface area (Å²) in [6, 6.07) is 24.8. The Balaban J connectivity index is 1.52. The van der Waals surface area contributed by atoms with Gasteiger partial charge in [0.1, 0.15) is 17.4 Å². The molecule has 3 aromatic rings. The van der Waals surface area contributed by atoms with Gasteiger partial charge in [-0.25, -0.2) is 0 Å². The fourth-order valence-electron chi connectivity index (χ4n) is 2.70. The zero-order valence-electron chi connectivity index (χ0n) is 17.0. The lowest BCUT2D eigenvalue weighted by molar-refractivity contribution is -0.123. The summed E-state index contributed by atoms with van der Waals surface area (Å²) in [6.07, 6.45) is 1.47. The number of ether oxygens (including phenoxy) is 1. The van der Waals surface area contributed by atoms with E-state index in [1.165, 1.54) is 6.08 Å². The molecule has 0 aliphatic heterocycles. The normalized spacial score (nSPS) is 10.7. The summed E-state index contributed by atoms with van der Waals surface area (Å²) in [4.78, 5) is 24.3. The van der Waals surface area contributed by atoms with Crippen molar-refractivity contribution in [2.75, 3.05) is 11.9 Å². The van der Waals surface area contributed by atoms with Crippen molar-refractivity contribution in [3.05, 3.63) is 101 Å². The van der Waals surface area contributed by atoms with E-state index in [0.717, 1.165) is 5.56 Å². The lowest BCUT2D eigenvalue weighted by Gasteiger charge is -2.08. The van der Waals surface area contributed by atoms with Gasteiger partial charge in [-0.1, -0.05) is 54.1 Å². The number of nitrogens with one attached hydrogen (secondary N) is 2. The van der Waals surface area contributed by atoms with Crippen LogP contribution in [0.25, 0.3) is 6.08 Å². The lowest BCUT2D eigenvalue weighted by Crippen LogP contribution is -2.28. The maximum Gasteiger partial charge on any atom is 0.266 e. The summed E-state index contributed by atoms with van der Waals surface area (Å²) in [5.41, 5.74) is 2.14. The molecule has 0 radical (unpaired) electrons. The van der Waals surface area contributed by atoms with E-state index in [0.29, 0.717) is 28.6 Å². The van der Waals surface area contributed by atoms with Crippen LogP contribution in [0, 0.1) is 11.3 Å². The Morgan fingerprint density at radius 1 is 0.969 bits per heavy atom. The predicted octanol–water partition coefficient (Wildman–Crippen LogP) is 4.58. The number of hydrogen-bond donors (Lipinski definition) is 2. The lowest BCUT2D eigenvalue weighted by atomic mass is 10.1. The van der Waals surface area contributed by atoms with Crippen LogP contribution in [0.4, 0.5) is 5.69 Å². The fourth-order valence-corrected chi connectivity index (χ4v) is 2.83. The molecular formula is C25H20ClN3O3. The smallest absolute Gasteiger partial charge is 0.266 e. The van der Waals surface area contributed by atoms with Crippen molar-refractivity contribution in [1.29, 1.82) is 5.26 Å². The van der Waals surface area contributed by atoms with Crippen LogP contribution in [0.2, 0.25) is 5.02 Å². The van der Waals surface area contributed by atoms with E-state index < -0.39 is 5.91 Å². The molecule has 0 unspecified atom stereocenters. The molecule has 32 heavy (non-hydrogen) atoms. The molecule has 160 valence electrons. The molecule has 7 heteroatoms. The molecule has 0 saturated carbocycles. The summed E-state index contributed by atoms with van der Waals surface area (Å²) in [7, 11) is 0. The van der Waals surface area contributed by atoms with E-state index in [1.807, 2.05) is 36.4 Å². The van der Waals surface area contributed by atoms with Crippen LogP contribution in [-0.2, 0) is 16.1 Å². The van der Waals surface area contributed by atoms with Crippen LogP contribution in [-0.4, -0.2) is 18.4 Å². The number of carbonyl (C=O) groups excluding carboxylic acids is 2. The maximum atomic E-state index is 12.3. The van der Waals surface area contributed by atoms with Gasteiger partial charge in [0, 0.05) is 17.3 Å². The summed E-state index contributed by atoms with van der Waals surface area (Å²) < 4.78 is 5.49. The van der Waals surface area contributed by atoms with Gasteiger partial charge in [-0.2, -0.15) is 5.26 Å². The van der Waals surface area contributed by atoms with E-state index >= 15 is 0 Å². The minimum absolute atomic E-state index is 0.0473. The molecule has 0 saturated heterocycles. The van der Waals surface area contributed by atoms with Crippen LogP contribution in [0.5, 0.6) is 5.75 Å². The highest BCUT2D eigenvalue weighted by Crippen LogP contribution is 2.17. The first-order chi connectivity index (χ1) is 15.5. The number of halogens is 1. The first kappa shape index (κ1) is 22.6. The highest BCUT2D eigenvalue weighted by atomic mass is 35.5. The zero-order chi connectivity index (χ0) is 22.8. The van der Waals surface area contributed by atoms with Gasteiger partial charge in [-0.05, 0) is 53.6 Å². The van der Waals surface area contributed by atoms with Gasteiger partial charge in [0.05, 0.1) is 0 Å². The highest BCUT2D eigenvalue weighted by molar-refractivity contribution is 6.30. The van der Waals surface area contributed by atoms with Gasteiger partial charge in [0.2, 0.25) is 0 Å². The number of rotatable bonds is 8. The molecule has 0 spiro atoms. The third kappa shape index (κ3) is 7.01. The third-order valence-corrected chi connectivity index (χ3v) is 4.61. The molecule has 6 nitrogen and oxygen atoms in total. The van der Waals surface area contributed by atoms with Crippen LogP contribution in [0.1, 0.15) is 11.1 Å². The largest absolute Gasteiger partial charge is 0.484 e. The van der Waals surface area contributed by atoms with Crippen molar-refractivity contribution in [1.82, 2.24) is 5.32 Å². The Labute approximate surface area is 191 Å². The minimum atomic E-state index is -0.523. The molecule has 0 heterocycles. The molecule has 0 atom stereocenters. The number of carbonyl (C=O) groups is 2. The van der Waals surface area contributed by atoms with E-state index in [2.05, 4.69) is 10.6 Å². The van der Waals surface area contributed by atoms with Crippen molar-refractivity contribution < 1.29 is 14.3 Å². The first-order valence-corrected chi connectivity index (χ1v) is 10.1. The molecule has 3 aromatic carbocycles. The van der Waals surface area contributed by atoms with Crippen molar-refractivity contribution in [2.45, 2.75) is 6.54 Å². The van der Waals surface area contributed by atoms with Crippen molar-refractivity contribution in [3.63, 3.8) is 0 Å². The Kier molecular flexibility index (Phi) is 8.02. The van der Waals surface area contributed by atoms with E-state index in [1.54, 1.807) is 48.5 Å². The fraction of sp³-hybridized carbons (Fsp3) is 0.0800. The Bertz CT molecular complexity index is 1140. The average molecular weight is 446 g/mol. The number of hydrogen-bond acceptors (Lipinski definition) is 4. The number of amides is 2. The second-order valence-electron chi connectivity index (χ2n) is 6.75. The number of benzene rings is 3. The maximum absolute atomic E-state index is 12.3. The average Bonchev–Trinajstić information content (AvgIpc) is 2.82.